The molecule has 0 aliphatic carbocycles. The summed E-state index contributed by atoms with van der Waals surface area (Å²) in [5.41, 5.74) is 0.656. The van der Waals surface area contributed by atoms with Gasteiger partial charge in [-0.1, -0.05) is 12.5 Å². The van der Waals surface area contributed by atoms with Gasteiger partial charge in [0.05, 0.1) is 26.6 Å². The highest BCUT2D eigenvalue weighted by molar-refractivity contribution is 5.76. The Hall–Kier alpha value is -1.65. The van der Waals surface area contributed by atoms with Crippen LogP contribution in [0.25, 0.3) is 0 Å². The normalized spacial score (nSPS) is 14.7. The SMILES string of the molecule is COC(=O)CC(C(C)=CC=O)C(C)C(=O)OC. The Bertz CT molecular complexity index is 319. The standard InChI is InChI=1S/C12H18O5/c1-8(5-6-13)10(7-11(14)16-3)9(2)12(15)17-4/h5-6,9-10H,7H2,1-4H3. The molecule has 0 amide bonds. The summed E-state index contributed by atoms with van der Waals surface area (Å²) in [6, 6.07) is 0. The Labute approximate surface area is 101 Å². The van der Waals surface area contributed by atoms with E-state index in [1.54, 1.807) is 13.8 Å². The third-order valence-electron chi connectivity index (χ3n) is 2.71. The number of rotatable bonds is 6. The van der Waals surface area contributed by atoms with Crippen LogP contribution in [0.3, 0.4) is 0 Å². The zero-order chi connectivity index (χ0) is 13.4. The molecule has 0 aliphatic rings. The lowest BCUT2D eigenvalue weighted by molar-refractivity contribution is -0.148. The lowest BCUT2D eigenvalue weighted by atomic mass is 9.85. The Morgan fingerprint density at radius 2 is 1.82 bits per heavy atom. The van der Waals surface area contributed by atoms with Crippen molar-refractivity contribution in [1.29, 1.82) is 0 Å². The Balaban J connectivity index is 4.96. The minimum absolute atomic E-state index is 0.0446. The van der Waals surface area contributed by atoms with Gasteiger partial charge in [-0.2, -0.15) is 0 Å². The fraction of sp³-hybridized carbons (Fsp3) is 0.583. The largest absolute Gasteiger partial charge is 0.469 e. The topological polar surface area (TPSA) is 69.7 Å². The van der Waals surface area contributed by atoms with E-state index in [9.17, 15) is 14.4 Å². The fourth-order valence-corrected chi connectivity index (χ4v) is 1.58. The molecule has 0 N–H and O–H groups in total. The van der Waals surface area contributed by atoms with E-state index in [0.717, 1.165) is 0 Å². The van der Waals surface area contributed by atoms with Crippen molar-refractivity contribution in [3.63, 3.8) is 0 Å². The number of methoxy groups -OCH3 is 2. The molecule has 5 nitrogen and oxygen atoms in total. The Kier molecular flexibility index (Phi) is 6.86. The second-order valence-corrected chi connectivity index (χ2v) is 3.75. The van der Waals surface area contributed by atoms with Gasteiger partial charge in [-0.3, -0.25) is 14.4 Å². The van der Waals surface area contributed by atoms with Gasteiger partial charge in [0, 0.05) is 5.92 Å². The van der Waals surface area contributed by atoms with Crippen molar-refractivity contribution in [2.24, 2.45) is 11.8 Å². The van der Waals surface area contributed by atoms with Crippen molar-refractivity contribution in [2.45, 2.75) is 20.3 Å². The first kappa shape index (κ1) is 15.3. The number of esters is 2. The van der Waals surface area contributed by atoms with Gasteiger partial charge in [-0.25, -0.2) is 0 Å². The number of hydrogen-bond donors (Lipinski definition) is 0. The van der Waals surface area contributed by atoms with Crippen molar-refractivity contribution >= 4 is 18.2 Å². The van der Waals surface area contributed by atoms with Gasteiger partial charge in [0.15, 0.2) is 0 Å². The van der Waals surface area contributed by atoms with E-state index < -0.39 is 17.9 Å². The molecule has 0 fully saturated rings. The molecule has 0 aromatic carbocycles. The first-order chi connectivity index (χ1) is 7.97. The van der Waals surface area contributed by atoms with Crippen LogP contribution in [0.5, 0.6) is 0 Å². The molecule has 0 radical (unpaired) electrons. The molecule has 0 aromatic rings. The van der Waals surface area contributed by atoms with Gasteiger partial charge in [-0.15, -0.1) is 0 Å². The lowest BCUT2D eigenvalue weighted by Crippen LogP contribution is -2.26. The zero-order valence-corrected chi connectivity index (χ0v) is 10.6. The van der Waals surface area contributed by atoms with Crippen molar-refractivity contribution in [3.05, 3.63) is 11.6 Å². The van der Waals surface area contributed by atoms with Crippen LogP contribution in [0.4, 0.5) is 0 Å². The summed E-state index contributed by atoms with van der Waals surface area (Å²) in [5.74, 6) is -1.74. The van der Waals surface area contributed by atoms with Gasteiger partial charge in [0.2, 0.25) is 0 Å². The van der Waals surface area contributed by atoms with E-state index in [2.05, 4.69) is 9.47 Å². The van der Waals surface area contributed by atoms with Crippen molar-refractivity contribution in [3.8, 4) is 0 Å². The van der Waals surface area contributed by atoms with Gasteiger partial charge in [0.25, 0.3) is 0 Å². The summed E-state index contributed by atoms with van der Waals surface area (Å²) in [6.07, 6.45) is 2.01. The highest BCUT2D eigenvalue weighted by atomic mass is 16.5. The maximum Gasteiger partial charge on any atom is 0.308 e. The van der Waals surface area contributed by atoms with Crippen LogP contribution >= 0.6 is 0 Å². The highest BCUT2D eigenvalue weighted by Crippen LogP contribution is 2.25. The van der Waals surface area contributed by atoms with Gasteiger partial charge in [0.1, 0.15) is 6.29 Å². The fourth-order valence-electron chi connectivity index (χ4n) is 1.58. The molecule has 0 spiro atoms. The molecular formula is C12H18O5. The average molecular weight is 242 g/mol. The number of carbonyl (C=O) groups excluding carboxylic acids is 3. The van der Waals surface area contributed by atoms with E-state index in [4.69, 9.17) is 0 Å². The zero-order valence-electron chi connectivity index (χ0n) is 10.6. The first-order valence-corrected chi connectivity index (χ1v) is 5.24. The molecule has 0 aliphatic heterocycles. The number of hydrogen-bond acceptors (Lipinski definition) is 5. The maximum atomic E-state index is 11.4. The third kappa shape index (κ3) is 4.80. The van der Waals surface area contributed by atoms with Crippen LogP contribution in [0.15, 0.2) is 11.6 Å². The van der Waals surface area contributed by atoms with E-state index in [0.29, 0.717) is 11.9 Å². The molecule has 2 unspecified atom stereocenters. The molecule has 0 saturated heterocycles. The Morgan fingerprint density at radius 1 is 1.24 bits per heavy atom. The second kappa shape index (κ2) is 7.60. The van der Waals surface area contributed by atoms with Gasteiger partial charge in [-0.05, 0) is 13.0 Å². The number of ether oxygens (including phenoxy) is 2. The van der Waals surface area contributed by atoms with Crippen LogP contribution in [0.2, 0.25) is 0 Å². The summed E-state index contributed by atoms with van der Waals surface area (Å²) >= 11 is 0. The van der Waals surface area contributed by atoms with Gasteiger partial charge < -0.3 is 9.47 Å². The number of aldehydes is 1. The molecule has 0 heterocycles. The summed E-state index contributed by atoms with van der Waals surface area (Å²) < 4.78 is 9.20. The van der Waals surface area contributed by atoms with Crippen LogP contribution in [0, 0.1) is 11.8 Å². The van der Waals surface area contributed by atoms with E-state index >= 15 is 0 Å². The van der Waals surface area contributed by atoms with Crippen LogP contribution in [0.1, 0.15) is 20.3 Å². The molecule has 0 aromatic heterocycles. The summed E-state index contributed by atoms with van der Waals surface area (Å²) in [6.45, 7) is 3.35. The molecule has 2 atom stereocenters. The van der Waals surface area contributed by atoms with Crippen molar-refractivity contribution in [2.75, 3.05) is 14.2 Å². The van der Waals surface area contributed by atoms with Crippen molar-refractivity contribution in [1.82, 2.24) is 0 Å². The molecule has 0 bridgehead atoms. The summed E-state index contributed by atoms with van der Waals surface area (Å²) in [5, 5.41) is 0. The smallest absolute Gasteiger partial charge is 0.308 e. The molecular weight excluding hydrogens is 224 g/mol. The molecule has 17 heavy (non-hydrogen) atoms. The quantitative estimate of drug-likeness (QED) is 0.396. The maximum absolute atomic E-state index is 11.4. The Morgan fingerprint density at radius 3 is 2.24 bits per heavy atom. The predicted octanol–water partition coefficient (Wildman–Crippen LogP) is 1.12. The van der Waals surface area contributed by atoms with Crippen LogP contribution < -0.4 is 0 Å². The summed E-state index contributed by atoms with van der Waals surface area (Å²) in [4.78, 5) is 33.1. The highest BCUT2D eigenvalue weighted by Gasteiger charge is 2.28. The number of carbonyl (C=O) groups is 3. The number of allylic oxidation sites excluding steroid dienone is 2. The predicted molar refractivity (Wildman–Crippen MR) is 61.1 cm³/mol. The van der Waals surface area contributed by atoms with E-state index in [1.165, 1.54) is 20.3 Å². The molecule has 0 rings (SSSR count). The van der Waals surface area contributed by atoms with Crippen molar-refractivity contribution < 1.29 is 23.9 Å². The minimum atomic E-state index is -0.504. The molecule has 5 heteroatoms. The summed E-state index contributed by atoms with van der Waals surface area (Å²) in [7, 11) is 2.56. The molecule has 0 saturated carbocycles. The average Bonchev–Trinajstić information content (AvgIpc) is 2.33. The third-order valence-corrected chi connectivity index (χ3v) is 2.71. The van der Waals surface area contributed by atoms with Crippen LogP contribution in [-0.2, 0) is 23.9 Å². The minimum Gasteiger partial charge on any atom is -0.469 e. The van der Waals surface area contributed by atoms with Gasteiger partial charge >= 0.3 is 11.9 Å². The van der Waals surface area contributed by atoms with Crippen LogP contribution in [-0.4, -0.2) is 32.4 Å². The second-order valence-electron chi connectivity index (χ2n) is 3.75. The first-order valence-electron chi connectivity index (χ1n) is 5.24. The monoisotopic (exact) mass is 242 g/mol. The molecule has 96 valence electrons. The van der Waals surface area contributed by atoms with E-state index in [-0.39, 0.29) is 12.3 Å². The lowest BCUT2D eigenvalue weighted by Gasteiger charge is -2.21. The van der Waals surface area contributed by atoms with E-state index in [1.807, 2.05) is 0 Å².